The van der Waals surface area contributed by atoms with Crippen molar-refractivity contribution in [2.45, 2.75) is 0 Å². The van der Waals surface area contributed by atoms with Crippen molar-refractivity contribution < 1.29 is 14.7 Å². The molecule has 25 heavy (non-hydrogen) atoms. The van der Waals surface area contributed by atoms with E-state index < -0.39 is 5.97 Å². The molecular weight excluding hydrogens is 367 g/mol. The topological polar surface area (TPSA) is 78.7 Å². The number of carbonyl (C=O) groups is 2. The lowest BCUT2D eigenvalue weighted by atomic mass is 10.2. The maximum absolute atomic E-state index is 13.0. The number of benzene rings is 1. The lowest BCUT2D eigenvalue weighted by Gasteiger charge is -2.32. The van der Waals surface area contributed by atoms with Crippen LogP contribution in [0, 0.1) is 0 Å². The van der Waals surface area contributed by atoms with Crippen LogP contribution in [0.5, 0.6) is 0 Å². The second kappa shape index (κ2) is 8.84. The van der Waals surface area contributed by atoms with Gasteiger partial charge in [0.2, 0.25) is 5.82 Å². The number of rotatable bonds is 8. The van der Waals surface area contributed by atoms with Gasteiger partial charge in [-0.3, -0.25) is 4.79 Å². The maximum Gasteiger partial charge on any atom is 0.372 e. The van der Waals surface area contributed by atoms with Crippen LogP contribution in [0.1, 0.15) is 21.0 Å². The summed E-state index contributed by atoms with van der Waals surface area (Å²) < 4.78 is 1.35. The number of anilines is 1. The minimum Gasteiger partial charge on any atom is -0.475 e. The third-order valence-corrected chi connectivity index (χ3v) is 3.79. The largest absolute Gasteiger partial charge is 0.475 e. The van der Waals surface area contributed by atoms with Gasteiger partial charge in [0.05, 0.1) is 0 Å². The maximum atomic E-state index is 13.0. The molecular formula is C16H18Cl2N4O3. The Morgan fingerprint density at radius 2 is 1.76 bits per heavy atom. The summed E-state index contributed by atoms with van der Waals surface area (Å²) in [6.45, 7) is 0.706. The SMILES string of the molecule is Cn1cc(N(C(=O)c2ccccc2)N(CCCl)CCCl)nc1C(=O)O. The van der Waals surface area contributed by atoms with Crippen molar-refractivity contribution in [2.75, 3.05) is 29.9 Å². The summed E-state index contributed by atoms with van der Waals surface area (Å²) in [4.78, 5) is 28.4. The van der Waals surface area contributed by atoms with Crippen LogP contribution in [0.2, 0.25) is 0 Å². The lowest BCUT2D eigenvalue weighted by Crippen LogP contribution is -2.49. The molecule has 0 unspecified atom stereocenters. The Bertz CT molecular complexity index is 730. The van der Waals surface area contributed by atoms with Crippen LogP contribution in [0.4, 0.5) is 5.82 Å². The first-order valence-electron chi connectivity index (χ1n) is 7.52. The summed E-state index contributed by atoms with van der Waals surface area (Å²) in [6, 6.07) is 8.66. The Morgan fingerprint density at radius 3 is 2.24 bits per heavy atom. The van der Waals surface area contributed by atoms with Gasteiger partial charge in [0, 0.05) is 43.7 Å². The molecule has 0 bridgehead atoms. The van der Waals surface area contributed by atoms with E-state index in [1.807, 2.05) is 0 Å². The van der Waals surface area contributed by atoms with Crippen LogP contribution < -0.4 is 5.01 Å². The molecule has 2 rings (SSSR count). The first kappa shape index (κ1) is 19.2. The van der Waals surface area contributed by atoms with Crippen LogP contribution in [-0.2, 0) is 7.05 Å². The number of amides is 1. The predicted molar refractivity (Wildman–Crippen MR) is 96.4 cm³/mol. The van der Waals surface area contributed by atoms with Crippen LogP contribution in [0.3, 0.4) is 0 Å². The number of aryl methyl sites for hydroxylation is 1. The van der Waals surface area contributed by atoms with E-state index in [1.54, 1.807) is 42.4 Å². The Hall–Kier alpha value is -2.09. The smallest absolute Gasteiger partial charge is 0.372 e. The van der Waals surface area contributed by atoms with E-state index in [0.717, 1.165) is 0 Å². The fourth-order valence-corrected chi connectivity index (χ4v) is 2.73. The molecule has 1 aromatic heterocycles. The van der Waals surface area contributed by atoms with E-state index in [2.05, 4.69) is 4.98 Å². The van der Waals surface area contributed by atoms with Crippen LogP contribution in [-0.4, -0.2) is 56.4 Å². The van der Waals surface area contributed by atoms with E-state index >= 15 is 0 Å². The fraction of sp³-hybridized carbons (Fsp3) is 0.312. The Balaban J connectivity index is 2.49. The van der Waals surface area contributed by atoms with Crippen LogP contribution in [0.25, 0.3) is 0 Å². The molecule has 1 amide bonds. The van der Waals surface area contributed by atoms with Gasteiger partial charge in [-0.25, -0.2) is 19.8 Å². The van der Waals surface area contributed by atoms with Crippen molar-refractivity contribution in [1.29, 1.82) is 0 Å². The number of alkyl halides is 2. The molecule has 7 nitrogen and oxygen atoms in total. The number of nitrogens with zero attached hydrogens (tertiary/aromatic N) is 4. The van der Waals surface area contributed by atoms with Gasteiger partial charge >= 0.3 is 5.97 Å². The second-order valence-electron chi connectivity index (χ2n) is 5.15. The average Bonchev–Trinajstić information content (AvgIpc) is 2.98. The molecule has 134 valence electrons. The van der Waals surface area contributed by atoms with Crippen LogP contribution >= 0.6 is 23.2 Å². The minimum atomic E-state index is -1.18. The van der Waals surface area contributed by atoms with Crippen LogP contribution in [0.15, 0.2) is 36.5 Å². The van der Waals surface area contributed by atoms with E-state index in [1.165, 1.54) is 15.8 Å². The molecule has 0 saturated carbocycles. The third kappa shape index (κ3) is 4.50. The number of carboxylic acid groups (broad SMARTS) is 1. The molecule has 0 aliphatic heterocycles. The monoisotopic (exact) mass is 384 g/mol. The molecule has 0 aliphatic carbocycles. The highest BCUT2D eigenvalue weighted by Gasteiger charge is 2.28. The number of aromatic carboxylic acids is 1. The zero-order chi connectivity index (χ0) is 18.4. The molecule has 2 aromatic rings. The molecule has 0 aliphatic rings. The number of hydrogen-bond donors (Lipinski definition) is 1. The number of hydrogen-bond acceptors (Lipinski definition) is 4. The standard InChI is InChI=1S/C16H18Cl2N4O3/c1-20-11-13(19-14(20)16(24)25)22(21(9-7-17)10-8-18)15(23)12-5-3-2-4-6-12/h2-6,11H,7-10H2,1H3,(H,24,25). The van der Waals surface area contributed by atoms with Crippen molar-refractivity contribution in [2.24, 2.45) is 7.05 Å². The zero-order valence-electron chi connectivity index (χ0n) is 13.6. The number of hydrazine groups is 1. The number of aromatic nitrogens is 2. The normalized spacial score (nSPS) is 10.9. The molecule has 0 atom stereocenters. The van der Waals surface area contributed by atoms with Crippen molar-refractivity contribution >= 4 is 40.9 Å². The fourth-order valence-electron chi connectivity index (χ4n) is 2.34. The predicted octanol–water partition coefficient (Wildman–Crippen LogP) is 2.46. The number of carboxylic acids is 1. The third-order valence-electron chi connectivity index (χ3n) is 3.45. The molecule has 0 saturated heterocycles. The number of imidazole rings is 1. The Labute approximate surface area is 155 Å². The Kier molecular flexibility index (Phi) is 6.81. The zero-order valence-corrected chi connectivity index (χ0v) is 15.1. The van der Waals surface area contributed by atoms with Gasteiger partial charge in [-0.1, -0.05) is 18.2 Å². The van der Waals surface area contributed by atoms with Gasteiger partial charge in [0.15, 0.2) is 5.82 Å². The summed E-state index contributed by atoms with van der Waals surface area (Å²) in [5.74, 6) is -0.947. The lowest BCUT2D eigenvalue weighted by molar-refractivity contribution is 0.0678. The van der Waals surface area contributed by atoms with E-state index in [-0.39, 0.29) is 29.3 Å². The summed E-state index contributed by atoms with van der Waals surface area (Å²) in [7, 11) is 1.55. The Morgan fingerprint density at radius 1 is 1.16 bits per heavy atom. The van der Waals surface area contributed by atoms with E-state index in [4.69, 9.17) is 23.2 Å². The highest BCUT2D eigenvalue weighted by molar-refractivity contribution is 6.18. The van der Waals surface area contributed by atoms with Gasteiger partial charge in [-0.05, 0) is 12.1 Å². The minimum absolute atomic E-state index is 0.169. The summed E-state index contributed by atoms with van der Waals surface area (Å²) in [6.07, 6.45) is 1.49. The molecule has 1 heterocycles. The average molecular weight is 385 g/mol. The molecule has 1 N–H and O–H groups in total. The first-order chi connectivity index (χ1) is 12.0. The van der Waals surface area contributed by atoms with Crippen molar-refractivity contribution in [1.82, 2.24) is 14.6 Å². The van der Waals surface area contributed by atoms with Crippen molar-refractivity contribution in [3.63, 3.8) is 0 Å². The van der Waals surface area contributed by atoms with E-state index in [0.29, 0.717) is 18.7 Å². The molecule has 9 heteroatoms. The highest BCUT2D eigenvalue weighted by Crippen LogP contribution is 2.19. The van der Waals surface area contributed by atoms with Crippen molar-refractivity contribution in [3.05, 3.63) is 47.9 Å². The quantitative estimate of drug-likeness (QED) is 0.558. The van der Waals surface area contributed by atoms with Gasteiger partial charge in [0.25, 0.3) is 5.91 Å². The highest BCUT2D eigenvalue weighted by atomic mass is 35.5. The van der Waals surface area contributed by atoms with Gasteiger partial charge in [0.1, 0.15) is 0 Å². The number of carbonyl (C=O) groups excluding carboxylic acids is 1. The molecule has 1 aromatic carbocycles. The first-order valence-corrected chi connectivity index (χ1v) is 8.59. The van der Waals surface area contributed by atoms with E-state index in [9.17, 15) is 14.7 Å². The molecule has 0 radical (unpaired) electrons. The molecule has 0 fully saturated rings. The summed E-state index contributed by atoms with van der Waals surface area (Å²) in [5.41, 5.74) is 0.444. The summed E-state index contributed by atoms with van der Waals surface area (Å²) in [5, 5.41) is 12.2. The van der Waals surface area contributed by atoms with Gasteiger partial charge in [-0.15, -0.1) is 23.2 Å². The second-order valence-corrected chi connectivity index (χ2v) is 5.91. The van der Waals surface area contributed by atoms with Crippen molar-refractivity contribution in [3.8, 4) is 0 Å². The number of halogens is 2. The van der Waals surface area contributed by atoms with Gasteiger partial charge < -0.3 is 9.67 Å². The van der Waals surface area contributed by atoms with Gasteiger partial charge in [-0.2, -0.15) is 0 Å². The molecule has 0 spiro atoms. The summed E-state index contributed by atoms with van der Waals surface area (Å²) >= 11 is 11.7.